The van der Waals surface area contributed by atoms with Gasteiger partial charge in [-0.2, -0.15) is 0 Å². The fourth-order valence-electron chi connectivity index (χ4n) is 1.72. The van der Waals surface area contributed by atoms with E-state index in [1.165, 1.54) is 18.2 Å². The van der Waals surface area contributed by atoms with Crippen molar-refractivity contribution < 1.29 is 14.6 Å². The maximum atomic E-state index is 11.9. The molecule has 0 aliphatic rings. The first kappa shape index (κ1) is 14.6. The first-order valence-corrected chi connectivity index (χ1v) is 6.54. The lowest BCUT2D eigenvalue weighted by atomic mass is 10.1. The van der Waals surface area contributed by atoms with E-state index in [2.05, 4.69) is 6.58 Å². The van der Waals surface area contributed by atoms with Gasteiger partial charge in [-0.1, -0.05) is 30.9 Å². The van der Waals surface area contributed by atoms with Gasteiger partial charge in [-0.05, 0) is 48.0 Å². The highest BCUT2D eigenvalue weighted by Gasteiger charge is 2.01. The van der Waals surface area contributed by atoms with Gasteiger partial charge >= 0.3 is 0 Å². The summed E-state index contributed by atoms with van der Waals surface area (Å²) >= 11 is 0. The average molecular weight is 280 g/mol. The Morgan fingerprint density at radius 3 is 2.38 bits per heavy atom. The average Bonchev–Trinajstić information content (AvgIpc) is 2.52. The van der Waals surface area contributed by atoms with Gasteiger partial charge in [-0.15, -0.1) is 0 Å². The van der Waals surface area contributed by atoms with Gasteiger partial charge < -0.3 is 9.84 Å². The molecule has 0 atom stereocenters. The Hall–Kier alpha value is -2.81. The van der Waals surface area contributed by atoms with Gasteiger partial charge in [0.2, 0.25) is 0 Å². The van der Waals surface area contributed by atoms with Crippen molar-refractivity contribution in [3.8, 4) is 11.5 Å². The Balaban J connectivity index is 2.01. The monoisotopic (exact) mass is 280 g/mol. The normalized spacial score (nSPS) is 10.5. The number of rotatable bonds is 6. The number of ketones is 1. The number of carbonyl (C=O) groups is 1. The molecule has 0 aliphatic heterocycles. The molecule has 0 unspecified atom stereocenters. The molecule has 2 aromatic rings. The second-order valence-electron chi connectivity index (χ2n) is 4.41. The number of aromatic hydroxyl groups is 1. The van der Waals surface area contributed by atoms with E-state index in [1.54, 1.807) is 24.3 Å². The van der Waals surface area contributed by atoms with E-state index in [-0.39, 0.29) is 11.5 Å². The zero-order chi connectivity index (χ0) is 15.1. The zero-order valence-corrected chi connectivity index (χ0v) is 11.5. The van der Waals surface area contributed by atoms with E-state index in [0.29, 0.717) is 12.2 Å². The maximum Gasteiger partial charge on any atom is 0.185 e. The van der Waals surface area contributed by atoms with Gasteiger partial charge in [-0.25, -0.2) is 0 Å². The van der Waals surface area contributed by atoms with Gasteiger partial charge in [0.25, 0.3) is 0 Å². The second-order valence-corrected chi connectivity index (χ2v) is 4.41. The van der Waals surface area contributed by atoms with Crippen LogP contribution in [-0.2, 0) is 0 Å². The van der Waals surface area contributed by atoms with E-state index in [9.17, 15) is 9.90 Å². The summed E-state index contributed by atoms with van der Waals surface area (Å²) < 4.78 is 5.38. The summed E-state index contributed by atoms with van der Waals surface area (Å²) in [5.41, 5.74) is 1.45. The predicted octanol–water partition coefficient (Wildman–Crippen LogP) is 3.85. The lowest BCUT2D eigenvalue weighted by Crippen LogP contribution is -1.93. The lowest BCUT2D eigenvalue weighted by molar-refractivity contribution is 0.104. The number of allylic oxidation sites excluding steroid dienone is 1. The molecule has 0 saturated heterocycles. The van der Waals surface area contributed by atoms with Crippen molar-refractivity contribution in [2.45, 2.75) is 0 Å². The molecule has 3 nitrogen and oxygen atoms in total. The molecule has 2 aromatic carbocycles. The van der Waals surface area contributed by atoms with Crippen molar-refractivity contribution in [2.24, 2.45) is 0 Å². The van der Waals surface area contributed by atoms with Crippen LogP contribution in [-0.4, -0.2) is 17.5 Å². The zero-order valence-electron chi connectivity index (χ0n) is 11.5. The van der Waals surface area contributed by atoms with Crippen molar-refractivity contribution in [3.63, 3.8) is 0 Å². The Labute approximate surface area is 123 Å². The van der Waals surface area contributed by atoms with Gasteiger partial charge in [0, 0.05) is 5.56 Å². The minimum Gasteiger partial charge on any atom is -0.508 e. The minimum absolute atomic E-state index is 0.109. The molecular formula is C18H16O3. The molecule has 2 rings (SSSR count). The van der Waals surface area contributed by atoms with Crippen LogP contribution in [0.25, 0.3) is 6.08 Å². The molecular weight excluding hydrogens is 264 g/mol. The molecule has 0 aromatic heterocycles. The fraction of sp³-hybridized carbons (Fsp3) is 0.0556. The first-order valence-electron chi connectivity index (χ1n) is 6.54. The van der Waals surface area contributed by atoms with E-state index in [4.69, 9.17) is 4.74 Å². The van der Waals surface area contributed by atoms with E-state index < -0.39 is 0 Å². The van der Waals surface area contributed by atoms with Crippen LogP contribution in [0.3, 0.4) is 0 Å². The number of phenolic OH excluding ortho intramolecular Hbond substituents is 1. The molecule has 0 radical (unpaired) electrons. The molecule has 0 aliphatic carbocycles. The molecule has 3 heteroatoms. The van der Waals surface area contributed by atoms with Crippen LogP contribution in [0.1, 0.15) is 15.9 Å². The summed E-state index contributed by atoms with van der Waals surface area (Å²) in [5, 5.41) is 9.19. The first-order chi connectivity index (χ1) is 10.2. The predicted molar refractivity (Wildman–Crippen MR) is 83.6 cm³/mol. The third-order valence-electron chi connectivity index (χ3n) is 2.83. The molecule has 0 saturated carbocycles. The van der Waals surface area contributed by atoms with Crippen molar-refractivity contribution in [1.82, 2.24) is 0 Å². The summed E-state index contributed by atoms with van der Waals surface area (Å²) in [6.07, 6.45) is 4.93. The lowest BCUT2D eigenvalue weighted by Gasteiger charge is -2.02. The molecule has 0 spiro atoms. The molecule has 1 N–H and O–H groups in total. The minimum atomic E-state index is -0.109. The van der Waals surface area contributed by atoms with E-state index >= 15 is 0 Å². The van der Waals surface area contributed by atoms with Crippen LogP contribution < -0.4 is 4.74 Å². The molecule has 0 bridgehead atoms. The van der Waals surface area contributed by atoms with Crippen molar-refractivity contribution in [1.29, 1.82) is 0 Å². The van der Waals surface area contributed by atoms with Crippen LogP contribution >= 0.6 is 0 Å². The SMILES string of the molecule is C=CCOc1ccc(/C=C/C(=O)c2ccc(O)cc2)cc1. The van der Waals surface area contributed by atoms with Crippen LogP contribution in [0.4, 0.5) is 0 Å². The molecule has 0 heterocycles. The van der Waals surface area contributed by atoms with Gasteiger partial charge in [0.15, 0.2) is 5.78 Å². The Kier molecular flexibility index (Phi) is 4.94. The van der Waals surface area contributed by atoms with Gasteiger partial charge in [0.1, 0.15) is 18.1 Å². The Morgan fingerprint density at radius 1 is 1.10 bits per heavy atom. The van der Waals surface area contributed by atoms with Crippen LogP contribution in [0.5, 0.6) is 11.5 Å². The van der Waals surface area contributed by atoms with Gasteiger partial charge in [-0.3, -0.25) is 4.79 Å². The summed E-state index contributed by atoms with van der Waals surface area (Å²) in [5.74, 6) is 0.796. The van der Waals surface area contributed by atoms with E-state index in [1.807, 2.05) is 24.3 Å². The highest BCUT2D eigenvalue weighted by Crippen LogP contribution is 2.14. The van der Waals surface area contributed by atoms with E-state index in [0.717, 1.165) is 11.3 Å². The number of carbonyl (C=O) groups excluding carboxylic acids is 1. The van der Waals surface area contributed by atoms with Crippen LogP contribution in [0.2, 0.25) is 0 Å². The molecule has 21 heavy (non-hydrogen) atoms. The quantitative estimate of drug-likeness (QED) is 0.496. The number of phenols is 1. The van der Waals surface area contributed by atoms with Crippen molar-refractivity contribution in [2.75, 3.05) is 6.61 Å². The largest absolute Gasteiger partial charge is 0.508 e. The second kappa shape index (κ2) is 7.10. The highest BCUT2D eigenvalue weighted by molar-refractivity contribution is 6.06. The molecule has 0 amide bonds. The summed E-state index contributed by atoms with van der Waals surface area (Å²) in [6.45, 7) is 4.05. The summed E-state index contributed by atoms with van der Waals surface area (Å²) in [4.78, 5) is 11.9. The maximum absolute atomic E-state index is 11.9. The van der Waals surface area contributed by atoms with Crippen molar-refractivity contribution in [3.05, 3.63) is 78.4 Å². The number of ether oxygens (including phenoxy) is 1. The smallest absolute Gasteiger partial charge is 0.185 e. The van der Waals surface area contributed by atoms with Gasteiger partial charge in [0.05, 0.1) is 0 Å². The van der Waals surface area contributed by atoms with Crippen molar-refractivity contribution >= 4 is 11.9 Å². The Morgan fingerprint density at radius 2 is 1.76 bits per heavy atom. The number of hydrogen-bond donors (Lipinski definition) is 1. The standard InChI is InChI=1S/C18H16O3/c1-2-13-21-17-10-3-14(4-11-17)5-12-18(20)15-6-8-16(19)9-7-15/h2-12,19H,1,13H2/b12-5+. The third-order valence-corrected chi connectivity index (χ3v) is 2.83. The van der Waals surface area contributed by atoms with Crippen LogP contribution in [0.15, 0.2) is 67.3 Å². The highest BCUT2D eigenvalue weighted by atomic mass is 16.5. The number of hydrogen-bond acceptors (Lipinski definition) is 3. The fourth-order valence-corrected chi connectivity index (χ4v) is 1.72. The molecule has 0 fully saturated rings. The summed E-state index contributed by atoms with van der Waals surface area (Å²) in [6, 6.07) is 13.6. The molecule has 106 valence electrons. The number of benzene rings is 2. The third kappa shape index (κ3) is 4.35. The summed E-state index contributed by atoms with van der Waals surface area (Å²) in [7, 11) is 0. The van der Waals surface area contributed by atoms with Crippen LogP contribution in [0, 0.1) is 0 Å². The Bertz CT molecular complexity index is 637. The topological polar surface area (TPSA) is 46.5 Å².